The monoisotopic (exact) mass is 285 g/mol. The first kappa shape index (κ1) is 15.1. The Morgan fingerprint density at radius 3 is 2.65 bits per heavy atom. The average molecular weight is 286 g/mol. The van der Waals surface area contributed by atoms with Crippen LogP contribution in [0.1, 0.15) is 12.8 Å². The predicted octanol–water partition coefficient (Wildman–Crippen LogP) is -0.673. The molecule has 0 saturated carbocycles. The second-order valence-electron chi connectivity index (χ2n) is 4.16. The summed E-state index contributed by atoms with van der Waals surface area (Å²) in [5.74, 6) is 0. The van der Waals surface area contributed by atoms with Crippen molar-refractivity contribution in [3.05, 3.63) is 0 Å². The Kier molecular flexibility index (Phi) is 6.11. The first-order valence-corrected chi connectivity index (χ1v) is 7.18. The molecular weight excluding hydrogens is 266 g/mol. The maximum atomic E-state index is 11.9. The van der Waals surface area contributed by atoms with E-state index < -0.39 is 10.2 Å². The molecule has 0 aromatic carbocycles. The minimum Gasteiger partial charge on any atom is -0.379 e. The van der Waals surface area contributed by atoms with E-state index in [1.165, 1.54) is 4.31 Å². The second kappa shape index (κ2) is 6.86. The highest BCUT2D eigenvalue weighted by atomic mass is 35.5. The summed E-state index contributed by atoms with van der Waals surface area (Å²) < 4.78 is 33.0. The van der Waals surface area contributed by atoms with E-state index >= 15 is 0 Å². The molecule has 2 rings (SSSR count). The first-order chi connectivity index (χ1) is 7.68. The van der Waals surface area contributed by atoms with Gasteiger partial charge in [0.25, 0.3) is 10.2 Å². The maximum absolute atomic E-state index is 11.9. The molecule has 1 atom stereocenters. The maximum Gasteiger partial charge on any atom is 0.279 e. The third-order valence-electron chi connectivity index (χ3n) is 2.98. The van der Waals surface area contributed by atoms with Gasteiger partial charge in [-0.2, -0.15) is 12.7 Å². The Morgan fingerprint density at radius 1 is 1.35 bits per heavy atom. The number of hydrogen-bond donors (Lipinski definition) is 2. The van der Waals surface area contributed by atoms with Crippen LogP contribution in [0.5, 0.6) is 0 Å². The zero-order chi connectivity index (χ0) is 11.4. The van der Waals surface area contributed by atoms with Gasteiger partial charge in [-0.05, 0) is 19.4 Å². The van der Waals surface area contributed by atoms with Crippen molar-refractivity contribution in [1.82, 2.24) is 14.3 Å². The van der Waals surface area contributed by atoms with Crippen LogP contribution in [-0.4, -0.2) is 58.2 Å². The molecule has 2 aliphatic heterocycles. The molecule has 2 fully saturated rings. The summed E-state index contributed by atoms with van der Waals surface area (Å²) in [6.07, 6.45) is 2.18. The minimum absolute atomic E-state index is 0. The molecule has 0 radical (unpaired) electrons. The lowest BCUT2D eigenvalue weighted by Crippen LogP contribution is -2.49. The van der Waals surface area contributed by atoms with Crippen molar-refractivity contribution in [3.8, 4) is 0 Å². The van der Waals surface area contributed by atoms with E-state index in [2.05, 4.69) is 10.0 Å². The van der Waals surface area contributed by atoms with Crippen molar-refractivity contribution >= 4 is 22.6 Å². The molecule has 17 heavy (non-hydrogen) atoms. The molecule has 1 unspecified atom stereocenters. The number of rotatable bonds is 4. The fourth-order valence-electron chi connectivity index (χ4n) is 2.02. The molecule has 0 bridgehead atoms. The number of halogens is 1. The second-order valence-corrected chi connectivity index (χ2v) is 5.91. The Labute approximate surface area is 109 Å². The van der Waals surface area contributed by atoms with Crippen LogP contribution >= 0.6 is 12.4 Å². The highest BCUT2D eigenvalue weighted by molar-refractivity contribution is 7.87. The normalized spacial score (nSPS) is 26.7. The van der Waals surface area contributed by atoms with Crippen molar-refractivity contribution in [3.63, 3.8) is 0 Å². The molecule has 102 valence electrons. The molecular formula is C9H20ClN3O3S. The van der Waals surface area contributed by atoms with Crippen LogP contribution in [0.4, 0.5) is 0 Å². The molecule has 2 N–H and O–H groups in total. The third kappa shape index (κ3) is 4.35. The quantitative estimate of drug-likeness (QED) is 0.719. The van der Waals surface area contributed by atoms with Gasteiger partial charge in [-0.15, -0.1) is 12.4 Å². The van der Waals surface area contributed by atoms with E-state index in [0.29, 0.717) is 32.8 Å². The summed E-state index contributed by atoms with van der Waals surface area (Å²) in [5, 5.41) is 3.26. The van der Waals surface area contributed by atoms with Gasteiger partial charge in [-0.1, -0.05) is 0 Å². The fourth-order valence-corrected chi connectivity index (χ4v) is 3.24. The van der Waals surface area contributed by atoms with Crippen LogP contribution in [0, 0.1) is 0 Å². The van der Waals surface area contributed by atoms with E-state index in [-0.39, 0.29) is 18.4 Å². The van der Waals surface area contributed by atoms with Crippen LogP contribution in [-0.2, 0) is 14.9 Å². The summed E-state index contributed by atoms with van der Waals surface area (Å²) in [6, 6.07) is 0.288. The highest BCUT2D eigenvalue weighted by Gasteiger charge is 2.25. The van der Waals surface area contributed by atoms with Gasteiger partial charge < -0.3 is 10.1 Å². The number of ether oxygens (including phenoxy) is 1. The molecule has 6 nitrogen and oxygen atoms in total. The molecule has 2 heterocycles. The van der Waals surface area contributed by atoms with E-state index in [9.17, 15) is 8.42 Å². The molecule has 2 saturated heterocycles. The molecule has 0 aromatic heterocycles. The lowest BCUT2D eigenvalue weighted by molar-refractivity contribution is 0.0724. The van der Waals surface area contributed by atoms with Crippen LogP contribution in [0.25, 0.3) is 0 Å². The van der Waals surface area contributed by atoms with Crippen LogP contribution < -0.4 is 10.0 Å². The van der Waals surface area contributed by atoms with Crippen LogP contribution in [0.2, 0.25) is 0 Å². The van der Waals surface area contributed by atoms with Gasteiger partial charge in [0, 0.05) is 25.7 Å². The zero-order valence-corrected chi connectivity index (χ0v) is 11.4. The molecule has 0 spiro atoms. The van der Waals surface area contributed by atoms with Gasteiger partial charge in [0.2, 0.25) is 0 Å². The van der Waals surface area contributed by atoms with Gasteiger partial charge in [0.1, 0.15) is 0 Å². The van der Waals surface area contributed by atoms with E-state index in [1.807, 2.05) is 0 Å². The number of hydrogen-bond acceptors (Lipinski definition) is 4. The van der Waals surface area contributed by atoms with Gasteiger partial charge >= 0.3 is 0 Å². The lowest BCUT2D eigenvalue weighted by atomic mass is 10.2. The largest absolute Gasteiger partial charge is 0.379 e. The summed E-state index contributed by atoms with van der Waals surface area (Å²) >= 11 is 0. The Morgan fingerprint density at radius 2 is 2.06 bits per heavy atom. The van der Waals surface area contributed by atoms with Crippen molar-refractivity contribution in [2.45, 2.75) is 18.9 Å². The zero-order valence-electron chi connectivity index (χ0n) is 9.72. The number of morpholine rings is 1. The first-order valence-electron chi connectivity index (χ1n) is 5.74. The fraction of sp³-hybridized carbons (Fsp3) is 1.00. The smallest absolute Gasteiger partial charge is 0.279 e. The molecule has 0 aromatic rings. The van der Waals surface area contributed by atoms with Crippen molar-refractivity contribution in [2.24, 2.45) is 0 Å². The van der Waals surface area contributed by atoms with Crippen molar-refractivity contribution in [1.29, 1.82) is 0 Å². The Balaban J connectivity index is 0.00000144. The number of nitrogens with zero attached hydrogens (tertiary/aromatic N) is 1. The topological polar surface area (TPSA) is 70.7 Å². The highest BCUT2D eigenvalue weighted by Crippen LogP contribution is 2.06. The van der Waals surface area contributed by atoms with E-state index in [1.54, 1.807) is 0 Å². The molecule has 0 aliphatic carbocycles. The van der Waals surface area contributed by atoms with Gasteiger partial charge in [-0.25, -0.2) is 4.72 Å². The molecule has 8 heteroatoms. The minimum atomic E-state index is -3.31. The van der Waals surface area contributed by atoms with Gasteiger partial charge in [-0.3, -0.25) is 0 Å². The summed E-state index contributed by atoms with van der Waals surface area (Å²) in [7, 11) is -3.31. The predicted molar refractivity (Wildman–Crippen MR) is 67.6 cm³/mol. The van der Waals surface area contributed by atoms with E-state index in [4.69, 9.17) is 4.74 Å². The summed E-state index contributed by atoms with van der Waals surface area (Å²) in [6.45, 7) is 3.36. The van der Waals surface area contributed by atoms with Crippen LogP contribution in [0.15, 0.2) is 0 Å². The van der Waals surface area contributed by atoms with E-state index in [0.717, 1.165) is 19.4 Å². The summed E-state index contributed by atoms with van der Waals surface area (Å²) in [5.41, 5.74) is 0. The number of nitrogens with one attached hydrogen (secondary N) is 2. The average Bonchev–Trinajstić information content (AvgIpc) is 2.81. The molecule has 0 amide bonds. The van der Waals surface area contributed by atoms with Gasteiger partial charge in [0.15, 0.2) is 0 Å². The molecule has 2 aliphatic rings. The third-order valence-corrected chi connectivity index (χ3v) is 4.56. The SMILES string of the molecule is Cl.O=S(=O)(NCC1CCCN1)N1CCOCC1. The van der Waals surface area contributed by atoms with Crippen LogP contribution in [0.3, 0.4) is 0 Å². The Bertz CT molecular complexity index is 313. The summed E-state index contributed by atoms with van der Waals surface area (Å²) in [4.78, 5) is 0. The lowest BCUT2D eigenvalue weighted by Gasteiger charge is -2.26. The van der Waals surface area contributed by atoms with Crippen molar-refractivity contribution in [2.75, 3.05) is 39.4 Å². The Hall–Kier alpha value is 0.0800. The van der Waals surface area contributed by atoms with Gasteiger partial charge in [0.05, 0.1) is 13.2 Å². The van der Waals surface area contributed by atoms with Crippen molar-refractivity contribution < 1.29 is 13.2 Å². The standard InChI is InChI=1S/C9H19N3O3S.ClH/c13-16(14,12-4-6-15-7-5-12)11-8-9-2-1-3-10-9;/h9-11H,1-8H2;1H.